The molecule has 2 aliphatic carbocycles. The fraction of sp³-hybridized carbons (Fsp3) is 0.688. The number of anilines is 1. The number of fused-ring (bicyclic) bond motifs is 6. The van der Waals surface area contributed by atoms with Gasteiger partial charge < -0.3 is 25.2 Å². The fourth-order valence-electron chi connectivity index (χ4n) is 8.09. The van der Waals surface area contributed by atoms with Crippen LogP contribution in [0.15, 0.2) is 18.3 Å². The molecule has 49 heavy (non-hydrogen) atoms. The summed E-state index contributed by atoms with van der Waals surface area (Å²) < 4.78 is 88.3. The largest absolute Gasteiger partial charge is 0.472 e. The maximum absolute atomic E-state index is 15.2. The van der Waals surface area contributed by atoms with Gasteiger partial charge in [0, 0.05) is 19.2 Å². The van der Waals surface area contributed by atoms with Crippen molar-refractivity contribution < 1.29 is 50.3 Å². The summed E-state index contributed by atoms with van der Waals surface area (Å²) in [7, 11) is 0. The van der Waals surface area contributed by atoms with Crippen molar-refractivity contribution in [3.05, 3.63) is 18.3 Å². The average Bonchev–Trinajstić information content (AvgIpc) is 3.79. The Morgan fingerprint density at radius 2 is 1.80 bits per heavy atom. The van der Waals surface area contributed by atoms with Gasteiger partial charge in [-0.3, -0.25) is 19.2 Å². The molecule has 1 spiro atoms. The maximum Gasteiger partial charge on any atom is 0.463 e. The Bertz CT molecular complexity index is 1560. The molecule has 1 aromatic rings. The Labute approximate surface area is 278 Å². The lowest BCUT2D eigenvalue weighted by Crippen LogP contribution is -2.62. The molecule has 4 amide bonds. The number of carbonyl (C=O) groups excluding carboxylic acids is 4. The molecule has 4 fully saturated rings. The molecule has 11 nitrogen and oxygen atoms in total. The van der Waals surface area contributed by atoms with Gasteiger partial charge in [-0.2, -0.15) is 27.2 Å². The van der Waals surface area contributed by atoms with Gasteiger partial charge in [0.2, 0.25) is 17.4 Å². The summed E-state index contributed by atoms with van der Waals surface area (Å²) in [5.41, 5.74) is -3.12. The first-order chi connectivity index (χ1) is 22.8. The highest BCUT2D eigenvalue weighted by molar-refractivity contribution is 6.01. The third-order valence-corrected chi connectivity index (χ3v) is 10.3. The SMILES string of the molecule is CC.CC(C)(C)C(NC(=O)C(F)(F)C(F)(F)F)C(=O)N1CC2C3CC(F)C(C3)C2C1C(=O)N1CC2(CC1C#N)Oc1cccnc1NC2=O. The van der Waals surface area contributed by atoms with Gasteiger partial charge in [-0.15, -0.1) is 0 Å². The summed E-state index contributed by atoms with van der Waals surface area (Å²) in [4.78, 5) is 60.4. The summed E-state index contributed by atoms with van der Waals surface area (Å²) in [6, 6.07) is 0.470. The van der Waals surface area contributed by atoms with E-state index >= 15 is 4.39 Å². The number of amides is 4. The predicted molar refractivity (Wildman–Crippen MR) is 159 cm³/mol. The second-order valence-corrected chi connectivity index (χ2v) is 14.1. The number of likely N-dealkylation sites (tertiary alicyclic amines) is 2. The summed E-state index contributed by atoms with van der Waals surface area (Å²) in [5, 5.41) is 14.3. The lowest BCUT2D eigenvalue weighted by Gasteiger charge is -2.39. The highest BCUT2D eigenvalue weighted by Gasteiger charge is 2.67. The van der Waals surface area contributed by atoms with Crippen molar-refractivity contribution in [3.8, 4) is 11.8 Å². The van der Waals surface area contributed by atoms with Crippen LogP contribution in [0.3, 0.4) is 0 Å². The molecule has 1 aromatic heterocycles. The Morgan fingerprint density at radius 3 is 2.41 bits per heavy atom. The highest BCUT2D eigenvalue weighted by Crippen LogP contribution is 2.59. The topological polar surface area (TPSA) is 145 Å². The Morgan fingerprint density at radius 1 is 1.12 bits per heavy atom. The number of hydrogen-bond donors (Lipinski definition) is 2. The third-order valence-electron chi connectivity index (χ3n) is 10.3. The number of alkyl halides is 6. The monoisotopic (exact) mass is 700 g/mol. The Balaban J connectivity index is 0.00000230. The van der Waals surface area contributed by atoms with Gasteiger partial charge in [-0.25, -0.2) is 9.37 Å². The molecule has 0 radical (unpaired) electrons. The third kappa shape index (κ3) is 5.84. The van der Waals surface area contributed by atoms with E-state index in [0.717, 1.165) is 9.80 Å². The minimum absolute atomic E-state index is 0.138. The number of nitrogens with one attached hydrogen (secondary N) is 2. The van der Waals surface area contributed by atoms with Gasteiger partial charge in [0.25, 0.3) is 5.91 Å². The fourth-order valence-corrected chi connectivity index (χ4v) is 8.09. The van der Waals surface area contributed by atoms with Crippen molar-refractivity contribution in [2.75, 3.05) is 18.4 Å². The molecule has 268 valence electrons. The van der Waals surface area contributed by atoms with Crippen molar-refractivity contribution in [2.45, 2.75) is 95.9 Å². The van der Waals surface area contributed by atoms with E-state index in [4.69, 9.17) is 4.74 Å². The zero-order chi connectivity index (χ0) is 36.4. The number of nitriles is 1. The predicted octanol–water partition coefficient (Wildman–Crippen LogP) is 3.85. The van der Waals surface area contributed by atoms with Gasteiger partial charge in [-0.1, -0.05) is 34.6 Å². The molecule has 2 saturated carbocycles. The van der Waals surface area contributed by atoms with Crippen molar-refractivity contribution in [2.24, 2.45) is 29.1 Å². The number of nitrogens with zero attached hydrogens (tertiary/aromatic N) is 4. The number of halogens is 6. The second kappa shape index (κ2) is 12.3. The van der Waals surface area contributed by atoms with E-state index in [-0.39, 0.29) is 36.9 Å². The van der Waals surface area contributed by atoms with Crippen LogP contribution in [-0.2, 0) is 19.2 Å². The van der Waals surface area contributed by atoms with Crippen LogP contribution in [0.5, 0.6) is 5.75 Å². The van der Waals surface area contributed by atoms with E-state index in [2.05, 4.69) is 10.3 Å². The molecule has 2 saturated heterocycles. The Kier molecular flexibility index (Phi) is 9.12. The van der Waals surface area contributed by atoms with Crippen LogP contribution in [0.1, 0.15) is 53.9 Å². The van der Waals surface area contributed by atoms with E-state index in [9.17, 15) is 46.4 Å². The molecule has 2 bridgehead atoms. The lowest BCUT2D eigenvalue weighted by atomic mass is 9.77. The smallest absolute Gasteiger partial charge is 0.463 e. The van der Waals surface area contributed by atoms with E-state index in [1.807, 2.05) is 19.9 Å². The number of rotatable bonds is 4. The first-order valence-corrected chi connectivity index (χ1v) is 16.2. The van der Waals surface area contributed by atoms with Gasteiger partial charge in [0.05, 0.1) is 12.6 Å². The van der Waals surface area contributed by atoms with Crippen molar-refractivity contribution >= 4 is 29.4 Å². The molecule has 4 heterocycles. The molecule has 3 aliphatic heterocycles. The minimum Gasteiger partial charge on any atom is -0.472 e. The van der Waals surface area contributed by atoms with E-state index < -0.39 is 95.3 Å². The van der Waals surface area contributed by atoms with E-state index in [1.54, 1.807) is 11.4 Å². The van der Waals surface area contributed by atoms with Gasteiger partial charge in [0.15, 0.2) is 11.6 Å². The van der Waals surface area contributed by atoms with E-state index in [1.165, 1.54) is 33.0 Å². The average molecular weight is 701 g/mol. The van der Waals surface area contributed by atoms with Gasteiger partial charge >= 0.3 is 18.0 Å². The molecule has 5 aliphatic rings. The zero-order valence-electron chi connectivity index (χ0n) is 27.5. The molecule has 0 aromatic carbocycles. The van der Waals surface area contributed by atoms with Crippen LogP contribution in [0, 0.1) is 40.4 Å². The number of ether oxygens (including phenoxy) is 1. The van der Waals surface area contributed by atoms with Crippen LogP contribution in [0.2, 0.25) is 0 Å². The first-order valence-electron chi connectivity index (χ1n) is 16.2. The van der Waals surface area contributed by atoms with Crippen LogP contribution in [0.4, 0.5) is 32.2 Å². The first kappa shape index (κ1) is 36.2. The summed E-state index contributed by atoms with van der Waals surface area (Å²) in [6.07, 6.45) is -5.75. The van der Waals surface area contributed by atoms with Crippen LogP contribution in [0.25, 0.3) is 0 Å². The normalized spacial score (nSPS) is 32.3. The molecular weight excluding hydrogens is 662 g/mol. The van der Waals surface area contributed by atoms with E-state index in [0.29, 0.717) is 6.42 Å². The summed E-state index contributed by atoms with van der Waals surface area (Å²) in [6.45, 7) is 7.47. The Hall–Kier alpha value is -4.10. The van der Waals surface area contributed by atoms with Crippen molar-refractivity contribution in [3.63, 3.8) is 0 Å². The standard InChI is InChI=1S/C30H32F6N6O5.C2H6/c1-27(2,3)21(39-26(46)29(32,33)30(34,35)36)24(44)41-11-16-13-7-15(17(31)8-13)19(16)20(41)23(43)42-12-28(9-14(42)10-37)25(45)40-22-18(47-28)5-4-6-38-22;1-2/h4-6,13-17,19-21H,7-9,11-12H2,1-3H3,(H,39,46)(H,38,40,45);1-2H3. The molecule has 6 rings (SSSR count). The van der Waals surface area contributed by atoms with Crippen molar-refractivity contribution in [1.29, 1.82) is 5.26 Å². The molecule has 9 unspecified atom stereocenters. The summed E-state index contributed by atoms with van der Waals surface area (Å²) in [5.74, 6) is -12.8. The van der Waals surface area contributed by atoms with Gasteiger partial charge in [-0.05, 0) is 54.1 Å². The van der Waals surface area contributed by atoms with Crippen LogP contribution in [-0.4, -0.2) is 93.5 Å². The number of pyridine rings is 1. The van der Waals surface area contributed by atoms with Gasteiger partial charge in [0.1, 0.15) is 24.3 Å². The minimum atomic E-state index is -6.23. The quantitative estimate of drug-likeness (QED) is 0.454. The van der Waals surface area contributed by atoms with Crippen LogP contribution < -0.4 is 15.4 Å². The lowest BCUT2D eigenvalue weighted by molar-refractivity contribution is -0.270. The second-order valence-electron chi connectivity index (χ2n) is 14.1. The maximum atomic E-state index is 15.2. The highest BCUT2D eigenvalue weighted by atomic mass is 19.4. The van der Waals surface area contributed by atoms with Crippen LogP contribution >= 0.6 is 0 Å². The molecular formula is C32H38F6N6O5. The van der Waals surface area contributed by atoms with Crippen molar-refractivity contribution in [1.82, 2.24) is 20.1 Å². The number of aromatic nitrogens is 1. The molecule has 2 N–H and O–H groups in total. The summed E-state index contributed by atoms with van der Waals surface area (Å²) >= 11 is 0. The molecule has 17 heteroatoms. The number of hydrogen-bond acceptors (Lipinski definition) is 7. The zero-order valence-corrected chi connectivity index (χ0v) is 27.5. The molecule has 9 atom stereocenters. The number of carbonyl (C=O) groups is 4.